The van der Waals surface area contributed by atoms with Crippen LogP contribution in [0.25, 0.3) is 0 Å². The van der Waals surface area contributed by atoms with E-state index in [0.29, 0.717) is 12.3 Å². The Labute approximate surface area is 141 Å². The van der Waals surface area contributed by atoms with Gasteiger partial charge in [-0.2, -0.15) is 0 Å². The largest absolute Gasteiger partial charge is 0.468 e. The zero-order chi connectivity index (χ0) is 16.7. The molecule has 5 nitrogen and oxygen atoms in total. The van der Waals surface area contributed by atoms with Crippen molar-refractivity contribution >= 4 is 11.9 Å². The number of carbonyl (C=O) groups is 2. The molecule has 1 aromatic carbocycles. The Morgan fingerprint density at radius 1 is 1.25 bits per heavy atom. The fourth-order valence-electron chi connectivity index (χ4n) is 4.88. The van der Waals surface area contributed by atoms with Crippen molar-refractivity contribution < 1.29 is 19.1 Å². The molecule has 0 radical (unpaired) electrons. The van der Waals surface area contributed by atoms with E-state index in [1.807, 2.05) is 18.2 Å². The van der Waals surface area contributed by atoms with Gasteiger partial charge in [0.1, 0.15) is 11.6 Å². The van der Waals surface area contributed by atoms with E-state index in [9.17, 15) is 9.59 Å². The monoisotopic (exact) mass is 329 g/mol. The summed E-state index contributed by atoms with van der Waals surface area (Å²) in [5.74, 6) is -1.06. The van der Waals surface area contributed by atoms with Crippen LogP contribution >= 0.6 is 0 Å². The van der Waals surface area contributed by atoms with E-state index >= 15 is 0 Å². The molecule has 0 unspecified atom stereocenters. The lowest BCUT2D eigenvalue weighted by Gasteiger charge is -2.32. The number of rotatable bonds is 2. The van der Waals surface area contributed by atoms with E-state index in [2.05, 4.69) is 17.4 Å². The van der Waals surface area contributed by atoms with Crippen LogP contribution in [0, 0.1) is 11.8 Å². The number of hydrogen-bond acceptors (Lipinski definition) is 4. The first-order valence-corrected chi connectivity index (χ1v) is 8.77. The van der Waals surface area contributed by atoms with Crippen LogP contribution in [0.3, 0.4) is 0 Å². The van der Waals surface area contributed by atoms with Crippen LogP contribution < -0.4 is 5.32 Å². The summed E-state index contributed by atoms with van der Waals surface area (Å²) in [6.45, 7) is 0. The zero-order valence-corrected chi connectivity index (χ0v) is 13.9. The maximum absolute atomic E-state index is 12.4. The van der Waals surface area contributed by atoms with E-state index < -0.39 is 17.6 Å². The highest BCUT2D eigenvalue weighted by atomic mass is 16.5. The second kappa shape index (κ2) is 5.88. The summed E-state index contributed by atoms with van der Waals surface area (Å²) in [5, 5.41) is 3.04. The average Bonchev–Trinajstić information content (AvgIpc) is 3.10. The second-order valence-corrected chi connectivity index (χ2v) is 7.15. The minimum Gasteiger partial charge on any atom is -0.468 e. The summed E-state index contributed by atoms with van der Waals surface area (Å²) in [4.78, 5) is 24.4. The van der Waals surface area contributed by atoms with Crippen molar-refractivity contribution in [2.45, 2.75) is 49.9 Å². The number of methoxy groups -OCH3 is 1. The van der Waals surface area contributed by atoms with Crippen molar-refractivity contribution in [3.63, 3.8) is 0 Å². The van der Waals surface area contributed by atoms with Gasteiger partial charge < -0.3 is 14.8 Å². The minimum atomic E-state index is -0.781. The predicted molar refractivity (Wildman–Crippen MR) is 87.0 cm³/mol. The van der Waals surface area contributed by atoms with Crippen LogP contribution in [0.4, 0.5) is 0 Å². The molecule has 0 aromatic heterocycles. The maximum Gasteiger partial charge on any atom is 0.318 e. The molecule has 24 heavy (non-hydrogen) atoms. The fraction of sp³-hybridized carbons (Fsp3) is 0.579. The summed E-state index contributed by atoms with van der Waals surface area (Å²) in [6, 6.07) is 10.2. The van der Waals surface area contributed by atoms with Gasteiger partial charge in [0.05, 0.1) is 13.2 Å². The molecule has 1 spiro atoms. The van der Waals surface area contributed by atoms with Crippen LogP contribution in [-0.2, 0) is 19.1 Å². The Kier molecular flexibility index (Phi) is 3.83. The van der Waals surface area contributed by atoms with Gasteiger partial charge in [-0.3, -0.25) is 9.59 Å². The molecule has 1 aromatic rings. The third kappa shape index (κ3) is 2.34. The molecule has 1 amide bonds. The number of ether oxygens (including phenoxy) is 2. The highest BCUT2D eigenvalue weighted by Gasteiger charge is 2.61. The van der Waals surface area contributed by atoms with Gasteiger partial charge in [-0.25, -0.2) is 0 Å². The average molecular weight is 329 g/mol. The predicted octanol–water partition coefficient (Wildman–Crippen LogP) is 2.36. The Morgan fingerprint density at radius 3 is 2.75 bits per heavy atom. The third-order valence-corrected chi connectivity index (χ3v) is 5.85. The molecule has 5 atom stereocenters. The molecular formula is C19H23NO4. The first kappa shape index (κ1) is 15.6. The highest BCUT2D eigenvalue weighted by molar-refractivity contribution is 6.00. The topological polar surface area (TPSA) is 64.6 Å². The van der Waals surface area contributed by atoms with Gasteiger partial charge in [0.15, 0.2) is 0 Å². The van der Waals surface area contributed by atoms with Crippen molar-refractivity contribution in [2.24, 2.45) is 11.8 Å². The Bertz CT molecular complexity index is 646. The van der Waals surface area contributed by atoms with E-state index in [1.54, 1.807) is 0 Å². The molecule has 2 heterocycles. The lowest BCUT2D eigenvalue weighted by atomic mass is 9.72. The summed E-state index contributed by atoms with van der Waals surface area (Å²) in [7, 11) is 1.32. The maximum atomic E-state index is 12.4. The quantitative estimate of drug-likeness (QED) is 0.668. The van der Waals surface area contributed by atoms with Crippen molar-refractivity contribution in [1.82, 2.24) is 5.32 Å². The first-order valence-electron chi connectivity index (χ1n) is 8.77. The number of benzene rings is 1. The molecule has 5 heteroatoms. The lowest BCUT2D eigenvalue weighted by Crippen LogP contribution is -2.46. The normalized spacial score (nSPS) is 38.0. The summed E-state index contributed by atoms with van der Waals surface area (Å²) < 4.78 is 11.2. The van der Waals surface area contributed by atoms with Gasteiger partial charge in [-0.1, -0.05) is 43.2 Å². The molecule has 1 aliphatic carbocycles. The molecule has 3 fully saturated rings. The number of fused-ring (bicyclic) bond motifs is 1. The van der Waals surface area contributed by atoms with E-state index in [-0.39, 0.29) is 17.9 Å². The van der Waals surface area contributed by atoms with Crippen molar-refractivity contribution in [1.29, 1.82) is 0 Å². The Balaban J connectivity index is 1.73. The molecule has 2 saturated heterocycles. The number of hydrogen-bond donors (Lipinski definition) is 1. The highest BCUT2D eigenvalue weighted by Crippen LogP contribution is 2.55. The molecule has 3 aliphatic rings. The number of amides is 1. The van der Waals surface area contributed by atoms with Gasteiger partial charge in [-0.05, 0) is 24.3 Å². The first-order chi connectivity index (χ1) is 11.6. The summed E-state index contributed by atoms with van der Waals surface area (Å²) in [5.41, 5.74) is 0.398. The minimum absolute atomic E-state index is 0.0857. The number of nitrogens with one attached hydrogen (secondary N) is 1. The molecule has 2 aliphatic heterocycles. The van der Waals surface area contributed by atoms with Gasteiger partial charge in [0.2, 0.25) is 5.91 Å². The van der Waals surface area contributed by atoms with E-state index in [1.165, 1.54) is 19.1 Å². The summed E-state index contributed by atoms with van der Waals surface area (Å²) in [6.07, 6.45) is 4.98. The number of carbonyl (C=O) groups excluding carboxylic acids is 2. The van der Waals surface area contributed by atoms with Crippen LogP contribution in [0.5, 0.6) is 0 Å². The SMILES string of the molecule is COC(=O)[C@H]1C[C@]2(NC1=O)O[C@@H]1CCCC[C@@H]1[C@H]2c1ccccc1. The molecular weight excluding hydrogens is 306 g/mol. The van der Waals surface area contributed by atoms with Crippen molar-refractivity contribution in [2.75, 3.05) is 7.11 Å². The van der Waals surface area contributed by atoms with Gasteiger partial charge in [-0.15, -0.1) is 0 Å². The number of esters is 1. The molecule has 128 valence electrons. The second-order valence-electron chi connectivity index (χ2n) is 7.15. The molecule has 0 bridgehead atoms. The van der Waals surface area contributed by atoms with Crippen LogP contribution in [0.2, 0.25) is 0 Å². The molecule has 4 rings (SSSR count). The zero-order valence-electron chi connectivity index (χ0n) is 13.9. The standard InChI is InChI=1S/C19H23NO4/c1-23-18(22)14-11-19(20-17(14)21)16(12-7-3-2-4-8-12)13-9-5-6-10-15(13)24-19/h2-4,7-8,13-16H,5-6,9-11H2,1H3,(H,20,21)/t13-,14-,15+,16+,19-/m0/s1. The van der Waals surface area contributed by atoms with Gasteiger partial charge >= 0.3 is 5.97 Å². The Morgan fingerprint density at radius 2 is 2.00 bits per heavy atom. The Hall–Kier alpha value is -1.88. The smallest absolute Gasteiger partial charge is 0.318 e. The van der Waals surface area contributed by atoms with Crippen LogP contribution in [-0.4, -0.2) is 30.8 Å². The fourth-order valence-corrected chi connectivity index (χ4v) is 4.88. The molecule has 1 N–H and O–H groups in total. The van der Waals surface area contributed by atoms with E-state index in [0.717, 1.165) is 19.3 Å². The van der Waals surface area contributed by atoms with Crippen molar-refractivity contribution in [3.8, 4) is 0 Å². The van der Waals surface area contributed by atoms with Gasteiger partial charge in [0.25, 0.3) is 0 Å². The van der Waals surface area contributed by atoms with Gasteiger partial charge in [0, 0.05) is 12.3 Å². The third-order valence-electron chi connectivity index (χ3n) is 5.85. The summed E-state index contributed by atoms with van der Waals surface area (Å²) >= 11 is 0. The van der Waals surface area contributed by atoms with Crippen LogP contribution in [0.15, 0.2) is 30.3 Å². The van der Waals surface area contributed by atoms with E-state index in [4.69, 9.17) is 9.47 Å². The van der Waals surface area contributed by atoms with Crippen LogP contribution in [0.1, 0.15) is 43.6 Å². The molecule has 1 saturated carbocycles. The van der Waals surface area contributed by atoms with Crippen molar-refractivity contribution in [3.05, 3.63) is 35.9 Å². The lowest BCUT2D eigenvalue weighted by molar-refractivity contribution is -0.148.